The van der Waals surface area contributed by atoms with Crippen LogP contribution in [0.1, 0.15) is 239 Å². The van der Waals surface area contributed by atoms with Gasteiger partial charge in [0.05, 0.1) is 18.8 Å². The van der Waals surface area contributed by atoms with Gasteiger partial charge in [-0.2, -0.15) is 0 Å². The van der Waals surface area contributed by atoms with Gasteiger partial charge < -0.3 is 15.5 Å². The molecule has 0 aromatic heterocycles. The van der Waals surface area contributed by atoms with E-state index in [1.165, 1.54) is 180 Å². The van der Waals surface area contributed by atoms with Crippen LogP contribution in [0.2, 0.25) is 0 Å². The molecular formula is C49H91NO3. The Morgan fingerprint density at radius 3 is 1.13 bits per heavy atom. The molecule has 0 aliphatic carbocycles. The molecule has 310 valence electrons. The van der Waals surface area contributed by atoms with Crippen LogP contribution in [0.5, 0.6) is 0 Å². The average molecular weight is 742 g/mol. The molecule has 1 amide bonds. The van der Waals surface area contributed by atoms with Crippen LogP contribution in [0.4, 0.5) is 0 Å². The number of aliphatic hydroxyl groups is 2. The first-order valence-corrected chi connectivity index (χ1v) is 23.4. The van der Waals surface area contributed by atoms with Gasteiger partial charge in [-0.05, 0) is 70.6 Å². The van der Waals surface area contributed by atoms with Gasteiger partial charge in [0.1, 0.15) is 0 Å². The lowest BCUT2D eigenvalue weighted by molar-refractivity contribution is -0.123. The molecule has 0 aliphatic heterocycles. The predicted molar refractivity (Wildman–Crippen MR) is 235 cm³/mol. The molecule has 4 heteroatoms. The summed E-state index contributed by atoms with van der Waals surface area (Å²) in [5.41, 5.74) is 0. The van der Waals surface area contributed by atoms with Crippen molar-refractivity contribution in [2.45, 2.75) is 251 Å². The second-order valence-electron chi connectivity index (χ2n) is 15.8. The van der Waals surface area contributed by atoms with Crippen molar-refractivity contribution >= 4 is 5.91 Å². The third kappa shape index (κ3) is 41.4. The van der Waals surface area contributed by atoms with Gasteiger partial charge in [0.15, 0.2) is 0 Å². The number of carbonyl (C=O) groups excluding carboxylic acids is 1. The Kier molecular flexibility index (Phi) is 43.4. The fraction of sp³-hybridized carbons (Fsp3) is 0.816. The third-order valence-electron chi connectivity index (χ3n) is 10.5. The fourth-order valence-corrected chi connectivity index (χ4v) is 6.91. The summed E-state index contributed by atoms with van der Waals surface area (Å²) in [7, 11) is 0. The first kappa shape index (κ1) is 51.4. The second kappa shape index (κ2) is 44.7. The minimum absolute atomic E-state index is 0.0790. The number of aliphatic hydroxyl groups excluding tert-OH is 2. The molecule has 0 aromatic rings. The molecule has 0 saturated heterocycles. The lowest BCUT2D eigenvalue weighted by Crippen LogP contribution is -2.45. The van der Waals surface area contributed by atoms with Crippen molar-refractivity contribution in [1.29, 1.82) is 0 Å². The Hall–Kier alpha value is -1.65. The molecule has 0 saturated carbocycles. The van der Waals surface area contributed by atoms with Gasteiger partial charge >= 0.3 is 0 Å². The molecule has 0 aliphatic rings. The highest BCUT2D eigenvalue weighted by molar-refractivity contribution is 5.76. The molecule has 0 heterocycles. The number of unbranched alkanes of at least 4 members (excludes halogenated alkanes) is 29. The van der Waals surface area contributed by atoms with Crippen molar-refractivity contribution in [3.8, 4) is 0 Å². The maximum Gasteiger partial charge on any atom is 0.220 e. The van der Waals surface area contributed by atoms with Crippen molar-refractivity contribution < 1.29 is 15.0 Å². The SMILES string of the molecule is CCCCC/C=C/CC/C=C/CC/C=C/C(O)C(CO)NC(=O)CCCCCCCCCCCCCC/C=C\CCCCCCCCCCCCCC. The van der Waals surface area contributed by atoms with Crippen LogP contribution in [0.15, 0.2) is 48.6 Å². The van der Waals surface area contributed by atoms with E-state index in [9.17, 15) is 15.0 Å². The largest absolute Gasteiger partial charge is 0.394 e. The topological polar surface area (TPSA) is 69.6 Å². The summed E-state index contributed by atoms with van der Waals surface area (Å²) >= 11 is 0. The summed E-state index contributed by atoms with van der Waals surface area (Å²) in [5.74, 6) is -0.0790. The zero-order chi connectivity index (χ0) is 38.6. The molecule has 0 rings (SSSR count). The van der Waals surface area contributed by atoms with Crippen molar-refractivity contribution in [1.82, 2.24) is 5.32 Å². The van der Waals surface area contributed by atoms with Gasteiger partial charge in [0.25, 0.3) is 0 Å². The van der Waals surface area contributed by atoms with E-state index >= 15 is 0 Å². The van der Waals surface area contributed by atoms with Crippen LogP contribution in [-0.2, 0) is 4.79 Å². The summed E-state index contributed by atoms with van der Waals surface area (Å²) < 4.78 is 0. The zero-order valence-electron chi connectivity index (χ0n) is 35.5. The molecule has 0 radical (unpaired) electrons. The van der Waals surface area contributed by atoms with E-state index in [4.69, 9.17) is 0 Å². The molecule has 0 spiro atoms. The standard InChI is InChI=1S/C49H91NO3/c1-3-5-7-9-11-13-15-17-18-19-20-21-22-23-24-25-26-27-28-29-30-31-33-35-37-39-41-43-45-49(53)50-47(46-51)48(52)44-42-40-38-36-34-32-16-14-12-10-8-6-4-2/h12,14,23-24,34,36,42,44,47-48,51-52H,3-11,13,15-22,25-33,35,37-41,43,45-46H2,1-2H3,(H,50,53)/b14-12+,24-23-,36-34+,44-42+. The Balaban J connectivity index is 3.52. The molecule has 3 N–H and O–H groups in total. The molecule has 0 fully saturated rings. The number of carbonyl (C=O) groups is 1. The normalized spacial score (nSPS) is 13.4. The summed E-state index contributed by atoms with van der Waals surface area (Å²) in [5, 5.41) is 22.9. The van der Waals surface area contributed by atoms with Crippen LogP contribution in [0.25, 0.3) is 0 Å². The van der Waals surface area contributed by atoms with Gasteiger partial charge in [-0.3, -0.25) is 4.79 Å². The third-order valence-corrected chi connectivity index (χ3v) is 10.5. The summed E-state index contributed by atoms with van der Waals surface area (Å²) in [6.07, 6.45) is 61.0. The highest BCUT2D eigenvalue weighted by Crippen LogP contribution is 2.15. The first-order valence-electron chi connectivity index (χ1n) is 23.4. The van der Waals surface area contributed by atoms with Gasteiger partial charge in [0.2, 0.25) is 5.91 Å². The van der Waals surface area contributed by atoms with E-state index in [1.807, 2.05) is 6.08 Å². The fourth-order valence-electron chi connectivity index (χ4n) is 6.91. The Morgan fingerprint density at radius 2 is 0.736 bits per heavy atom. The molecule has 4 nitrogen and oxygen atoms in total. The number of hydrogen-bond donors (Lipinski definition) is 3. The molecule has 2 unspecified atom stereocenters. The van der Waals surface area contributed by atoms with E-state index in [0.29, 0.717) is 6.42 Å². The quantitative estimate of drug-likeness (QED) is 0.0431. The van der Waals surface area contributed by atoms with Crippen molar-refractivity contribution in [3.05, 3.63) is 48.6 Å². The van der Waals surface area contributed by atoms with Crippen molar-refractivity contribution in [3.63, 3.8) is 0 Å². The molecular weight excluding hydrogens is 651 g/mol. The van der Waals surface area contributed by atoms with Crippen molar-refractivity contribution in [2.24, 2.45) is 0 Å². The van der Waals surface area contributed by atoms with E-state index in [0.717, 1.165) is 38.5 Å². The number of amides is 1. The lowest BCUT2D eigenvalue weighted by atomic mass is 10.0. The van der Waals surface area contributed by atoms with Gasteiger partial charge in [-0.25, -0.2) is 0 Å². The molecule has 0 bridgehead atoms. The van der Waals surface area contributed by atoms with Gasteiger partial charge in [-0.1, -0.05) is 210 Å². The highest BCUT2D eigenvalue weighted by Gasteiger charge is 2.17. The van der Waals surface area contributed by atoms with Crippen LogP contribution < -0.4 is 5.32 Å². The number of allylic oxidation sites excluding steroid dienone is 7. The molecule has 2 atom stereocenters. The number of rotatable bonds is 42. The smallest absolute Gasteiger partial charge is 0.220 e. The van der Waals surface area contributed by atoms with E-state index in [1.54, 1.807) is 6.08 Å². The maximum atomic E-state index is 12.4. The van der Waals surface area contributed by atoms with E-state index in [2.05, 4.69) is 55.6 Å². The van der Waals surface area contributed by atoms with Gasteiger partial charge in [0, 0.05) is 6.42 Å². The zero-order valence-corrected chi connectivity index (χ0v) is 35.5. The lowest BCUT2D eigenvalue weighted by Gasteiger charge is -2.19. The first-order chi connectivity index (χ1) is 26.2. The monoisotopic (exact) mass is 742 g/mol. The Labute approximate surface area is 331 Å². The van der Waals surface area contributed by atoms with Crippen LogP contribution in [0, 0.1) is 0 Å². The minimum atomic E-state index is -0.869. The predicted octanol–water partition coefficient (Wildman–Crippen LogP) is 14.7. The summed E-state index contributed by atoms with van der Waals surface area (Å²) in [6, 6.07) is -0.644. The van der Waals surface area contributed by atoms with Crippen LogP contribution >= 0.6 is 0 Å². The molecule has 53 heavy (non-hydrogen) atoms. The van der Waals surface area contributed by atoms with E-state index in [-0.39, 0.29) is 12.5 Å². The van der Waals surface area contributed by atoms with Crippen LogP contribution in [0.3, 0.4) is 0 Å². The van der Waals surface area contributed by atoms with Gasteiger partial charge in [-0.15, -0.1) is 0 Å². The Morgan fingerprint density at radius 1 is 0.434 bits per heavy atom. The van der Waals surface area contributed by atoms with Crippen molar-refractivity contribution in [2.75, 3.05) is 6.61 Å². The second-order valence-corrected chi connectivity index (χ2v) is 15.8. The highest BCUT2D eigenvalue weighted by atomic mass is 16.3. The van der Waals surface area contributed by atoms with Crippen LogP contribution in [-0.4, -0.2) is 34.9 Å². The minimum Gasteiger partial charge on any atom is -0.394 e. The maximum absolute atomic E-state index is 12.4. The van der Waals surface area contributed by atoms with E-state index < -0.39 is 12.1 Å². The summed E-state index contributed by atoms with van der Waals surface area (Å²) in [6.45, 7) is 4.27. The summed E-state index contributed by atoms with van der Waals surface area (Å²) in [4.78, 5) is 12.4. The Bertz CT molecular complexity index is 847. The molecule has 0 aromatic carbocycles. The average Bonchev–Trinajstić information content (AvgIpc) is 3.16. The number of nitrogens with one attached hydrogen (secondary N) is 1. The number of hydrogen-bond acceptors (Lipinski definition) is 3.